The van der Waals surface area contributed by atoms with Crippen LogP contribution in [0.5, 0.6) is 23.0 Å². The summed E-state index contributed by atoms with van der Waals surface area (Å²) in [5, 5.41) is 18.5. The molecule has 0 fully saturated rings. The van der Waals surface area contributed by atoms with Crippen molar-refractivity contribution in [3.8, 4) is 34.1 Å². The molecule has 2 aromatic rings. The number of benzene rings is 2. The van der Waals surface area contributed by atoms with Gasteiger partial charge < -0.3 is 29.2 Å². The van der Waals surface area contributed by atoms with E-state index in [9.17, 15) is 14.7 Å². The molecule has 0 heterocycles. The van der Waals surface area contributed by atoms with Gasteiger partial charge in [0.2, 0.25) is 5.75 Å². The zero-order valence-electron chi connectivity index (χ0n) is 15.3. The molecule has 1 unspecified atom stereocenters. The molecule has 0 bridgehead atoms. The number of carbonyl (C=O) groups is 2. The quantitative estimate of drug-likeness (QED) is 0.723. The highest BCUT2D eigenvalue weighted by Crippen LogP contribution is 2.47. The van der Waals surface area contributed by atoms with Gasteiger partial charge in [0.25, 0.3) is 0 Å². The van der Waals surface area contributed by atoms with Crippen LogP contribution in [0.1, 0.15) is 17.3 Å². The summed E-state index contributed by atoms with van der Waals surface area (Å²) in [7, 11) is 4.14. The average Bonchev–Trinajstić information content (AvgIpc) is 2.65. The van der Waals surface area contributed by atoms with Gasteiger partial charge in [0.15, 0.2) is 17.6 Å². The maximum absolute atomic E-state index is 11.7. The highest BCUT2D eigenvalue weighted by Gasteiger charge is 2.25. The number of rotatable bonds is 8. The predicted molar refractivity (Wildman–Crippen MR) is 96.2 cm³/mol. The summed E-state index contributed by atoms with van der Waals surface area (Å²) in [5.41, 5.74) is 0.891. The maximum atomic E-state index is 11.7. The van der Waals surface area contributed by atoms with E-state index in [-0.39, 0.29) is 22.8 Å². The lowest BCUT2D eigenvalue weighted by Crippen LogP contribution is -2.22. The normalized spacial score (nSPS) is 11.4. The maximum Gasteiger partial charge on any atom is 0.344 e. The molecule has 1 atom stereocenters. The molecule has 0 saturated heterocycles. The van der Waals surface area contributed by atoms with Crippen LogP contribution in [0, 0.1) is 0 Å². The average molecular weight is 376 g/mol. The minimum Gasteiger partial charge on any atom is -0.492 e. The van der Waals surface area contributed by atoms with E-state index in [0.29, 0.717) is 16.9 Å². The Balaban J connectivity index is 2.66. The van der Waals surface area contributed by atoms with Crippen LogP contribution in [-0.4, -0.2) is 49.6 Å². The van der Waals surface area contributed by atoms with Gasteiger partial charge in [-0.3, -0.25) is 0 Å². The minimum atomic E-state index is -1.19. The molecule has 0 spiro atoms. The third kappa shape index (κ3) is 4.05. The molecular formula is C19H20O8. The molecule has 0 aliphatic heterocycles. The van der Waals surface area contributed by atoms with Crippen LogP contribution < -0.4 is 18.9 Å². The Morgan fingerprint density at radius 3 is 2.07 bits per heavy atom. The third-order valence-electron chi connectivity index (χ3n) is 3.84. The van der Waals surface area contributed by atoms with Gasteiger partial charge in [0, 0.05) is 5.56 Å². The molecule has 27 heavy (non-hydrogen) atoms. The van der Waals surface area contributed by atoms with E-state index in [1.54, 1.807) is 24.3 Å². The van der Waals surface area contributed by atoms with Crippen molar-refractivity contribution >= 4 is 11.9 Å². The summed E-state index contributed by atoms with van der Waals surface area (Å²) in [6.45, 7) is 1.41. The smallest absolute Gasteiger partial charge is 0.344 e. The second-order valence-electron chi connectivity index (χ2n) is 5.50. The summed E-state index contributed by atoms with van der Waals surface area (Å²) in [4.78, 5) is 22.6. The Bertz CT molecular complexity index is 859. The minimum absolute atomic E-state index is 0.0394. The SMILES string of the molecule is COc1c(C(=O)O)cc(-c2cccc(OC(C)C(=O)O)c2)c(OC)c1OC. The Morgan fingerprint density at radius 1 is 0.926 bits per heavy atom. The van der Waals surface area contributed by atoms with Crippen LogP contribution in [0.2, 0.25) is 0 Å². The van der Waals surface area contributed by atoms with Crippen molar-refractivity contribution in [3.63, 3.8) is 0 Å². The molecule has 144 valence electrons. The van der Waals surface area contributed by atoms with E-state index < -0.39 is 18.0 Å². The van der Waals surface area contributed by atoms with E-state index in [0.717, 1.165) is 0 Å². The summed E-state index contributed by atoms with van der Waals surface area (Å²) in [5.74, 6) is -1.52. The molecule has 0 aliphatic carbocycles. The van der Waals surface area contributed by atoms with Crippen molar-refractivity contribution in [2.24, 2.45) is 0 Å². The first kappa shape index (κ1) is 19.9. The first-order valence-corrected chi connectivity index (χ1v) is 7.90. The van der Waals surface area contributed by atoms with Gasteiger partial charge in [0.1, 0.15) is 11.3 Å². The van der Waals surface area contributed by atoms with Gasteiger partial charge in [0.05, 0.1) is 21.3 Å². The molecule has 8 heteroatoms. The van der Waals surface area contributed by atoms with E-state index in [4.69, 9.17) is 24.1 Å². The van der Waals surface area contributed by atoms with Crippen LogP contribution in [-0.2, 0) is 4.79 Å². The first-order chi connectivity index (χ1) is 12.8. The van der Waals surface area contributed by atoms with Crippen molar-refractivity contribution in [1.29, 1.82) is 0 Å². The fourth-order valence-corrected chi connectivity index (χ4v) is 2.58. The molecule has 0 aromatic heterocycles. The molecule has 2 aromatic carbocycles. The van der Waals surface area contributed by atoms with Crippen molar-refractivity contribution < 1.29 is 38.7 Å². The van der Waals surface area contributed by atoms with Crippen LogP contribution in [0.3, 0.4) is 0 Å². The molecule has 0 radical (unpaired) electrons. The number of ether oxygens (including phenoxy) is 4. The molecule has 0 aliphatic rings. The van der Waals surface area contributed by atoms with Crippen molar-refractivity contribution in [3.05, 3.63) is 35.9 Å². The lowest BCUT2D eigenvalue weighted by molar-refractivity contribution is -0.144. The fourth-order valence-electron chi connectivity index (χ4n) is 2.58. The molecule has 0 amide bonds. The van der Waals surface area contributed by atoms with Gasteiger partial charge in [-0.15, -0.1) is 0 Å². The Labute approximate surface area is 155 Å². The number of aliphatic carboxylic acids is 1. The van der Waals surface area contributed by atoms with E-state index in [1.807, 2.05) is 0 Å². The van der Waals surface area contributed by atoms with Crippen LogP contribution in [0.25, 0.3) is 11.1 Å². The standard InChI is InChI=1S/C19H20O8/c1-10(18(20)21)27-12-7-5-6-11(8-12)13-9-14(19(22)23)16(25-3)17(26-4)15(13)24-2/h5-10H,1-4H3,(H,20,21)(H,22,23). The molecule has 2 rings (SSSR count). The Kier molecular flexibility index (Phi) is 6.12. The molecule has 0 saturated carbocycles. The predicted octanol–water partition coefficient (Wildman–Crippen LogP) is 2.93. The summed E-state index contributed by atoms with van der Waals surface area (Å²) >= 11 is 0. The number of carboxylic acid groups (broad SMARTS) is 2. The largest absolute Gasteiger partial charge is 0.492 e. The summed E-state index contributed by atoms with van der Waals surface area (Å²) < 4.78 is 21.3. The van der Waals surface area contributed by atoms with Gasteiger partial charge >= 0.3 is 11.9 Å². The Hall–Kier alpha value is -3.42. The van der Waals surface area contributed by atoms with Crippen molar-refractivity contribution in [2.75, 3.05) is 21.3 Å². The van der Waals surface area contributed by atoms with Gasteiger partial charge in [-0.25, -0.2) is 9.59 Å². The number of carboxylic acids is 2. The second-order valence-corrected chi connectivity index (χ2v) is 5.50. The lowest BCUT2D eigenvalue weighted by Gasteiger charge is -2.18. The van der Waals surface area contributed by atoms with Crippen molar-refractivity contribution in [2.45, 2.75) is 13.0 Å². The zero-order valence-corrected chi connectivity index (χ0v) is 15.3. The van der Waals surface area contributed by atoms with E-state index in [1.165, 1.54) is 34.3 Å². The first-order valence-electron chi connectivity index (χ1n) is 7.90. The van der Waals surface area contributed by atoms with Gasteiger partial charge in [-0.05, 0) is 30.7 Å². The monoisotopic (exact) mass is 376 g/mol. The number of aromatic carboxylic acids is 1. The van der Waals surface area contributed by atoms with Crippen molar-refractivity contribution in [1.82, 2.24) is 0 Å². The number of methoxy groups -OCH3 is 3. The fraction of sp³-hybridized carbons (Fsp3) is 0.263. The highest BCUT2D eigenvalue weighted by atomic mass is 16.5. The summed E-state index contributed by atoms with van der Waals surface area (Å²) in [6.07, 6.45) is -1.04. The second kappa shape index (κ2) is 8.31. The lowest BCUT2D eigenvalue weighted by atomic mass is 9.99. The van der Waals surface area contributed by atoms with Crippen LogP contribution in [0.4, 0.5) is 0 Å². The Morgan fingerprint density at radius 2 is 1.56 bits per heavy atom. The number of hydrogen-bond donors (Lipinski definition) is 2. The van der Waals surface area contributed by atoms with Crippen LogP contribution >= 0.6 is 0 Å². The number of hydrogen-bond acceptors (Lipinski definition) is 6. The van der Waals surface area contributed by atoms with E-state index in [2.05, 4.69) is 0 Å². The zero-order chi connectivity index (χ0) is 20.1. The van der Waals surface area contributed by atoms with E-state index >= 15 is 0 Å². The van der Waals surface area contributed by atoms with Gasteiger partial charge in [-0.2, -0.15) is 0 Å². The topological polar surface area (TPSA) is 112 Å². The van der Waals surface area contributed by atoms with Crippen LogP contribution in [0.15, 0.2) is 30.3 Å². The van der Waals surface area contributed by atoms with Gasteiger partial charge in [-0.1, -0.05) is 12.1 Å². The molecule has 2 N–H and O–H groups in total. The third-order valence-corrected chi connectivity index (χ3v) is 3.84. The highest BCUT2D eigenvalue weighted by molar-refractivity contribution is 5.96. The summed E-state index contributed by atoms with van der Waals surface area (Å²) in [6, 6.07) is 7.98. The molecule has 8 nitrogen and oxygen atoms in total. The molecular weight excluding hydrogens is 356 g/mol.